The van der Waals surface area contributed by atoms with Crippen molar-refractivity contribution in [1.82, 2.24) is 10.2 Å². The average molecular weight is 467 g/mol. The molecule has 0 fully saturated rings. The fourth-order valence-electron chi connectivity index (χ4n) is 2.85. The summed E-state index contributed by atoms with van der Waals surface area (Å²) in [6, 6.07) is 12.8. The predicted molar refractivity (Wildman–Crippen MR) is 126 cm³/mol. The van der Waals surface area contributed by atoms with Gasteiger partial charge in [-0.25, -0.2) is 0 Å². The van der Waals surface area contributed by atoms with Gasteiger partial charge >= 0.3 is 0 Å². The van der Waals surface area contributed by atoms with Gasteiger partial charge in [0.2, 0.25) is 11.8 Å². The van der Waals surface area contributed by atoms with E-state index >= 15 is 0 Å². The van der Waals surface area contributed by atoms with Gasteiger partial charge in [-0.2, -0.15) is 0 Å². The van der Waals surface area contributed by atoms with Crippen LogP contribution in [-0.2, 0) is 16.1 Å². The van der Waals surface area contributed by atoms with Crippen molar-refractivity contribution in [1.29, 1.82) is 0 Å². The Morgan fingerprint density at radius 3 is 2.47 bits per heavy atom. The molecule has 0 aliphatic carbocycles. The molecule has 0 unspecified atom stereocenters. The summed E-state index contributed by atoms with van der Waals surface area (Å²) in [5, 5.41) is 3.89. The third kappa shape index (κ3) is 7.53. The summed E-state index contributed by atoms with van der Waals surface area (Å²) < 4.78 is 0. The summed E-state index contributed by atoms with van der Waals surface area (Å²) in [6.45, 7) is 6.62. The van der Waals surface area contributed by atoms with Crippen molar-refractivity contribution in [3.05, 3.63) is 63.6 Å². The van der Waals surface area contributed by atoms with Gasteiger partial charge < -0.3 is 10.2 Å². The van der Waals surface area contributed by atoms with Crippen molar-refractivity contribution < 1.29 is 9.59 Å². The summed E-state index contributed by atoms with van der Waals surface area (Å²) >= 11 is 13.9. The predicted octanol–water partition coefficient (Wildman–Crippen LogP) is 5.73. The molecule has 0 aliphatic heterocycles. The molecule has 0 radical (unpaired) electrons. The van der Waals surface area contributed by atoms with Crippen LogP contribution in [0.1, 0.15) is 37.8 Å². The Labute approximate surface area is 193 Å². The molecule has 1 atom stereocenters. The summed E-state index contributed by atoms with van der Waals surface area (Å²) in [4.78, 5) is 28.3. The molecule has 0 aliphatic rings. The number of nitrogens with zero attached hydrogens (tertiary/aromatic N) is 1. The molecular formula is C23H28Cl2N2O2S. The highest BCUT2D eigenvalue weighted by molar-refractivity contribution is 7.99. The van der Waals surface area contributed by atoms with Crippen LogP contribution in [0.3, 0.4) is 0 Å². The number of halogens is 2. The molecule has 2 aromatic rings. The van der Waals surface area contributed by atoms with E-state index < -0.39 is 6.04 Å². The summed E-state index contributed by atoms with van der Waals surface area (Å²) in [7, 11) is 0. The quantitative estimate of drug-likeness (QED) is 0.454. The molecule has 30 heavy (non-hydrogen) atoms. The van der Waals surface area contributed by atoms with Crippen molar-refractivity contribution in [3.8, 4) is 0 Å². The highest BCUT2D eigenvalue weighted by Crippen LogP contribution is 2.24. The molecule has 7 heteroatoms. The topological polar surface area (TPSA) is 49.4 Å². The third-order valence-corrected chi connectivity index (χ3v) is 6.28. The van der Waals surface area contributed by atoms with Crippen molar-refractivity contribution in [2.75, 3.05) is 12.3 Å². The lowest BCUT2D eigenvalue weighted by Crippen LogP contribution is -2.47. The number of thioether (sulfide) groups is 1. The summed E-state index contributed by atoms with van der Waals surface area (Å²) in [5.74, 6) is 0.386. The second-order valence-electron chi connectivity index (χ2n) is 7.14. The molecule has 2 rings (SSSR count). The lowest BCUT2D eigenvalue weighted by Gasteiger charge is -2.29. The number of hydrogen-bond donors (Lipinski definition) is 1. The molecule has 4 nitrogen and oxygen atoms in total. The standard InChI is InChI=1S/C23H28Cl2N2O2S/c1-4-12-26-23(29)17(3)27(15-18-7-8-19(24)14-21(18)25)22(28)11-13-30-20-9-5-16(2)6-10-20/h5-10,14,17H,4,11-13,15H2,1-3H3,(H,26,29)/t17-/m0/s1. The Balaban J connectivity index is 2.09. The van der Waals surface area contributed by atoms with Crippen molar-refractivity contribution >= 4 is 46.8 Å². The summed E-state index contributed by atoms with van der Waals surface area (Å²) in [6.07, 6.45) is 1.16. The first kappa shape index (κ1) is 24.6. The van der Waals surface area contributed by atoms with Crippen LogP contribution < -0.4 is 5.32 Å². The van der Waals surface area contributed by atoms with E-state index in [1.807, 2.05) is 13.8 Å². The lowest BCUT2D eigenvalue weighted by atomic mass is 10.1. The minimum atomic E-state index is -0.597. The molecule has 0 aromatic heterocycles. The van der Waals surface area contributed by atoms with E-state index in [4.69, 9.17) is 23.2 Å². The lowest BCUT2D eigenvalue weighted by molar-refractivity contribution is -0.140. The normalized spacial score (nSPS) is 11.8. The van der Waals surface area contributed by atoms with Crippen LogP contribution in [-0.4, -0.2) is 35.1 Å². The van der Waals surface area contributed by atoms with Crippen LogP contribution in [0, 0.1) is 6.92 Å². The van der Waals surface area contributed by atoms with Gasteiger partial charge in [-0.1, -0.05) is 53.9 Å². The van der Waals surface area contributed by atoms with Crippen LogP contribution in [0.25, 0.3) is 0 Å². The molecule has 0 spiro atoms. The molecular weight excluding hydrogens is 439 g/mol. The van der Waals surface area contributed by atoms with Crippen LogP contribution in [0.4, 0.5) is 0 Å². The van der Waals surface area contributed by atoms with E-state index in [2.05, 4.69) is 29.6 Å². The van der Waals surface area contributed by atoms with Gasteiger partial charge in [0.05, 0.1) is 0 Å². The van der Waals surface area contributed by atoms with Gasteiger partial charge in [0, 0.05) is 40.2 Å². The number of carbonyl (C=O) groups excluding carboxylic acids is 2. The fraction of sp³-hybridized carbons (Fsp3) is 0.391. The molecule has 0 saturated heterocycles. The van der Waals surface area contributed by atoms with Crippen molar-refractivity contribution in [3.63, 3.8) is 0 Å². The number of hydrogen-bond acceptors (Lipinski definition) is 3. The first-order valence-corrected chi connectivity index (χ1v) is 11.8. The van der Waals surface area contributed by atoms with Gasteiger partial charge in [-0.15, -0.1) is 11.8 Å². The number of carbonyl (C=O) groups is 2. The minimum absolute atomic E-state index is 0.0835. The Hall–Kier alpha value is -1.69. The van der Waals surface area contributed by atoms with Crippen LogP contribution >= 0.6 is 35.0 Å². The molecule has 2 amide bonds. The van der Waals surface area contributed by atoms with E-state index in [1.54, 1.807) is 41.8 Å². The van der Waals surface area contributed by atoms with Crippen LogP contribution in [0.5, 0.6) is 0 Å². The Morgan fingerprint density at radius 2 is 1.83 bits per heavy atom. The van der Waals surface area contributed by atoms with Gasteiger partial charge in [-0.05, 0) is 50.1 Å². The molecule has 2 aromatic carbocycles. The van der Waals surface area contributed by atoms with E-state index in [0.29, 0.717) is 28.8 Å². The fourth-order valence-corrected chi connectivity index (χ4v) is 4.16. The van der Waals surface area contributed by atoms with E-state index in [0.717, 1.165) is 16.9 Å². The highest BCUT2D eigenvalue weighted by Gasteiger charge is 2.26. The molecule has 0 bridgehead atoms. The van der Waals surface area contributed by atoms with Crippen molar-refractivity contribution in [2.24, 2.45) is 0 Å². The Bertz CT molecular complexity index is 859. The van der Waals surface area contributed by atoms with Gasteiger partial charge in [0.15, 0.2) is 0 Å². The first-order valence-electron chi connectivity index (χ1n) is 10.0. The monoisotopic (exact) mass is 466 g/mol. The van der Waals surface area contributed by atoms with Gasteiger partial charge in [0.25, 0.3) is 0 Å². The van der Waals surface area contributed by atoms with E-state index in [-0.39, 0.29) is 18.4 Å². The Morgan fingerprint density at radius 1 is 1.13 bits per heavy atom. The van der Waals surface area contributed by atoms with Crippen LogP contribution in [0.2, 0.25) is 10.0 Å². The maximum absolute atomic E-state index is 13.1. The maximum Gasteiger partial charge on any atom is 0.242 e. The molecule has 0 heterocycles. The molecule has 162 valence electrons. The summed E-state index contributed by atoms with van der Waals surface area (Å²) in [5.41, 5.74) is 1.96. The zero-order valence-electron chi connectivity index (χ0n) is 17.6. The minimum Gasteiger partial charge on any atom is -0.354 e. The zero-order valence-corrected chi connectivity index (χ0v) is 19.9. The third-order valence-electron chi connectivity index (χ3n) is 4.68. The average Bonchev–Trinajstić information content (AvgIpc) is 2.72. The Kier molecular flexibility index (Phi) is 10.0. The number of rotatable bonds is 10. The smallest absolute Gasteiger partial charge is 0.242 e. The number of benzene rings is 2. The zero-order chi connectivity index (χ0) is 22.1. The SMILES string of the molecule is CCCNC(=O)[C@H](C)N(Cc1ccc(Cl)cc1Cl)C(=O)CCSc1ccc(C)cc1. The van der Waals surface area contributed by atoms with Gasteiger partial charge in [0.1, 0.15) is 6.04 Å². The largest absolute Gasteiger partial charge is 0.354 e. The maximum atomic E-state index is 13.1. The second kappa shape index (κ2) is 12.2. The number of amides is 2. The molecule has 1 N–H and O–H groups in total. The highest BCUT2D eigenvalue weighted by atomic mass is 35.5. The van der Waals surface area contributed by atoms with E-state index in [1.165, 1.54) is 5.56 Å². The number of nitrogens with one attached hydrogen (secondary N) is 1. The van der Waals surface area contributed by atoms with Gasteiger partial charge in [-0.3, -0.25) is 9.59 Å². The molecule has 0 saturated carbocycles. The van der Waals surface area contributed by atoms with Crippen molar-refractivity contribution in [2.45, 2.75) is 51.1 Å². The van der Waals surface area contributed by atoms with E-state index in [9.17, 15) is 9.59 Å². The number of aryl methyl sites for hydroxylation is 1. The first-order chi connectivity index (χ1) is 14.3. The second-order valence-corrected chi connectivity index (χ2v) is 9.15. The van der Waals surface area contributed by atoms with Crippen LogP contribution in [0.15, 0.2) is 47.4 Å².